The van der Waals surface area contributed by atoms with Crippen LogP contribution in [0.5, 0.6) is 11.5 Å². The molecule has 1 saturated heterocycles. The largest absolute Gasteiger partial charge is 0.493 e. The Morgan fingerprint density at radius 1 is 1.10 bits per heavy atom. The molecule has 2 amide bonds. The normalized spacial score (nSPS) is 22.3. The first kappa shape index (κ1) is 28.7. The zero-order valence-electron chi connectivity index (χ0n) is 23.7. The molecule has 0 radical (unpaired) electrons. The van der Waals surface area contributed by atoms with Gasteiger partial charge in [0.1, 0.15) is 12.6 Å². The van der Waals surface area contributed by atoms with Crippen molar-refractivity contribution in [3.05, 3.63) is 59.7 Å². The molecule has 1 aliphatic heterocycles. The number of hydrogen-bond acceptors (Lipinski definition) is 6. The first-order chi connectivity index (χ1) is 18.6. The van der Waals surface area contributed by atoms with Crippen molar-refractivity contribution in [1.82, 2.24) is 10.2 Å². The number of carbonyl (C=O) groups is 2. The summed E-state index contributed by atoms with van der Waals surface area (Å²) in [4.78, 5) is 28.1. The van der Waals surface area contributed by atoms with Gasteiger partial charge in [0.05, 0.1) is 19.8 Å². The molecule has 0 aromatic heterocycles. The summed E-state index contributed by atoms with van der Waals surface area (Å²) in [6.07, 6.45) is 1.08. The number of ether oxygens (including phenoxy) is 3. The number of alkyl carbamates (subject to hydrolysis) is 1. The number of aliphatic hydroxyl groups excluding tert-OH is 1. The molecule has 0 bridgehead atoms. The number of nitrogens with one attached hydrogen (secondary N) is 1. The van der Waals surface area contributed by atoms with Gasteiger partial charge in [0.15, 0.2) is 11.5 Å². The Hall–Kier alpha value is -3.26. The van der Waals surface area contributed by atoms with Crippen molar-refractivity contribution in [3.63, 3.8) is 0 Å². The Balaban J connectivity index is 1.49. The van der Waals surface area contributed by atoms with Crippen LogP contribution in [0, 0.1) is 17.3 Å². The molecule has 2 aliphatic rings. The average molecular weight is 539 g/mol. The Morgan fingerprint density at radius 2 is 1.82 bits per heavy atom. The summed E-state index contributed by atoms with van der Waals surface area (Å²) in [6, 6.07) is 14.5. The van der Waals surface area contributed by atoms with E-state index in [0.29, 0.717) is 37.1 Å². The second-order valence-electron chi connectivity index (χ2n) is 11.5. The third-order valence-corrected chi connectivity index (χ3v) is 8.18. The summed E-state index contributed by atoms with van der Waals surface area (Å²) >= 11 is 0. The Kier molecular flexibility index (Phi) is 9.05. The van der Waals surface area contributed by atoms with Gasteiger partial charge in [-0.1, -0.05) is 57.2 Å². The molecule has 0 spiro atoms. The lowest BCUT2D eigenvalue weighted by Crippen LogP contribution is -2.51. The number of methoxy groups -OCH3 is 1. The van der Waals surface area contributed by atoms with E-state index in [1.165, 1.54) is 12.8 Å². The third-order valence-electron chi connectivity index (χ3n) is 8.18. The lowest BCUT2D eigenvalue weighted by molar-refractivity contribution is -0.134. The molecule has 4 rings (SSSR count). The monoisotopic (exact) mass is 538 g/mol. The van der Waals surface area contributed by atoms with Gasteiger partial charge in [-0.2, -0.15) is 0 Å². The molecule has 1 saturated carbocycles. The highest BCUT2D eigenvalue weighted by molar-refractivity contribution is 5.86. The second kappa shape index (κ2) is 12.3. The van der Waals surface area contributed by atoms with Crippen LogP contribution < -0.4 is 14.8 Å². The van der Waals surface area contributed by atoms with E-state index in [2.05, 4.69) is 5.32 Å². The molecular weight excluding hydrogens is 496 g/mol. The maximum absolute atomic E-state index is 13.8. The highest BCUT2D eigenvalue weighted by atomic mass is 16.5. The Bertz CT molecular complexity index is 1130. The van der Waals surface area contributed by atoms with Crippen molar-refractivity contribution in [3.8, 4) is 11.5 Å². The highest BCUT2D eigenvalue weighted by Crippen LogP contribution is 2.47. The summed E-state index contributed by atoms with van der Waals surface area (Å²) in [5.41, 5.74) is 1.26. The van der Waals surface area contributed by atoms with Gasteiger partial charge in [0.2, 0.25) is 5.91 Å². The summed E-state index contributed by atoms with van der Waals surface area (Å²) < 4.78 is 17.0. The number of nitrogens with zero attached hydrogens (tertiary/aromatic N) is 1. The number of carbonyl (C=O) groups excluding carboxylic acids is 2. The van der Waals surface area contributed by atoms with Crippen LogP contribution in [0.4, 0.5) is 4.79 Å². The van der Waals surface area contributed by atoms with E-state index in [4.69, 9.17) is 14.2 Å². The number of amides is 2. The molecule has 1 aliphatic carbocycles. The van der Waals surface area contributed by atoms with Gasteiger partial charge in [-0.3, -0.25) is 4.79 Å². The van der Waals surface area contributed by atoms with E-state index in [-0.39, 0.29) is 24.3 Å². The van der Waals surface area contributed by atoms with E-state index in [1.807, 2.05) is 69.3 Å². The molecule has 1 unspecified atom stereocenters. The number of benzene rings is 2. The third kappa shape index (κ3) is 6.85. The Labute approximate surface area is 231 Å². The van der Waals surface area contributed by atoms with Gasteiger partial charge in [-0.05, 0) is 54.9 Å². The van der Waals surface area contributed by atoms with Crippen LogP contribution >= 0.6 is 0 Å². The van der Waals surface area contributed by atoms with Crippen LogP contribution in [0.1, 0.15) is 57.6 Å². The molecule has 1 heterocycles. The van der Waals surface area contributed by atoms with Crippen LogP contribution in [0.15, 0.2) is 48.5 Å². The molecule has 8 heteroatoms. The van der Waals surface area contributed by atoms with Crippen molar-refractivity contribution >= 4 is 12.0 Å². The number of hydrogen-bond donors (Lipinski definition) is 2. The number of likely N-dealkylation sites (tertiary alicyclic amines) is 1. The van der Waals surface area contributed by atoms with Gasteiger partial charge in [-0.25, -0.2) is 4.79 Å². The van der Waals surface area contributed by atoms with Gasteiger partial charge < -0.3 is 29.5 Å². The number of aliphatic hydroxyl groups is 1. The number of rotatable bonds is 11. The second-order valence-corrected chi connectivity index (χ2v) is 11.5. The van der Waals surface area contributed by atoms with E-state index in [0.717, 1.165) is 11.1 Å². The quantitative estimate of drug-likeness (QED) is 0.429. The predicted octanol–water partition coefficient (Wildman–Crippen LogP) is 4.75. The van der Waals surface area contributed by atoms with Gasteiger partial charge >= 0.3 is 6.09 Å². The van der Waals surface area contributed by atoms with Crippen LogP contribution in [0.25, 0.3) is 0 Å². The molecule has 2 aromatic rings. The first-order valence-corrected chi connectivity index (χ1v) is 13.9. The molecule has 2 aromatic carbocycles. The fourth-order valence-corrected chi connectivity index (χ4v) is 5.21. The highest BCUT2D eigenvalue weighted by Gasteiger charge is 2.49. The van der Waals surface area contributed by atoms with Gasteiger partial charge in [-0.15, -0.1) is 0 Å². The first-order valence-electron chi connectivity index (χ1n) is 13.9. The van der Waals surface area contributed by atoms with Crippen LogP contribution in [-0.2, 0) is 16.1 Å². The van der Waals surface area contributed by atoms with E-state index in [9.17, 15) is 14.7 Å². The van der Waals surface area contributed by atoms with Gasteiger partial charge in [0.25, 0.3) is 0 Å². The molecular formula is C31H42N2O6. The van der Waals surface area contributed by atoms with Crippen molar-refractivity contribution < 1.29 is 28.9 Å². The minimum absolute atomic E-state index is 0.125. The van der Waals surface area contributed by atoms with Gasteiger partial charge in [0, 0.05) is 24.4 Å². The van der Waals surface area contributed by atoms with Crippen LogP contribution in [0.3, 0.4) is 0 Å². The SMILES string of the molecule is COc1ccc([C@@H]2CN(C(=O)C(NC(=O)OCc3ccccc3)C(C)C)C[C@@]2(C)[C@@H](C)O)cc1OCC1CC1. The minimum Gasteiger partial charge on any atom is -0.493 e. The average Bonchev–Trinajstić information content (AvgIpc) is 3.69. The van der Waals surface area contributed by atoms with Crippen molar-refractivity contribution in [2.45, 2.75) is 65.2 Å². The summed E-state index contributed by atoms with van der Waals surface area (Å²) in [5, 5.41) is 13.7. The molecule has 4 atom stereocenters. The van der Waals surface area contributed by atoms with E-state index >= 15 is 0 Å². The standard InChI is InChI=1S/C31H42N2O6/c1-20(2)28(32-30(36)39-18-22-9-7-6-8-10-22)29(35)33-16-25(31(4,19-33)21(3)34)24-13-14-26(37-5)27(15-24)38-17-23-11-12-23/h6-10,13-15,20-21,23,25,28,34H,11-12,16-19H2,1-5H3,(H,32,36)/t21-,25+,28?,31+/m1/s1. The summed E-state index contributed by atoms with van der Waals surface area (Å²) in [5.74, 6) is 1.48. The summed E-state index contributed by atoms with van der Waals surface area (Å²) in [6.45, 7) is 9.14. The topological polar surface area (TPSA) is 97.3 Å². The van der Waals surface area contributed by atoms with E-state index in [1.54, 1.807) is 18.9 Å². The minimum atomic E-state index is -0.751. The molecule has 212 valence electrons. The van der Waals surface area contributed by atoms with Crippen LogP contribution in [0.2, 0.25) is 0 Å². The lowest BCUT2D eigenvalue weighted by Gasteiger charge is -2.34. The zero-order chi connectivity index (χ0) is 28.2. The van der Waals surface area contributed by atoms with Crippen molar-refractivity contribution in [2.75, 3.05) is 26.8 Å². The van der Waals surface area contributed by atoms with E-state index < -0.39 is 23.7 Å². The summed E-state index contributed by atoms with van der Waals surface area (Å²) in [7, 11) is 1.62. The maximum atomic E-state index is 13.8. The lowest BCUT2D eigenvalue weighted by atomic mass is 9.72. The maximum Gasteiger partial charge on any atom is 0.408 e. The fourth-order valence-electron chi connectivity index (χ4n) is 5.21. The smallest absolute Gasteiger partial charge is 0.408 e. The van der Waals surface area contributed by atoms with Crippen LogP contribution in [-0.4, -0.2) is 61.0 Å². The fraction of sp³-hybridized carbons (Fsp3) is 0.548. The molecule has 2 N–H and O–H groups in total. The molecule has 8 nitrogen and oxygen atoms in total. The van der Waals surface area contributed by atoms with Crippen molar-refractivity contribution in [2.24, 2.45) is 17.3 Å². The Morgan fingerprint density at radius 3 is 2.44 bits per heavy atom. The zero-order valence-corrected chi connectivity index (χ0v) is 23.7. The molecule has 39 heavy (non-hydrogen) atoms. The van der Waals surface area contributed by atoms with Crippen molar-refractivity contribution in [1.29, 1.82) is 0 Å². The molecule has 2 fully saturated rings. The predicted molar refractivity (Wildman–Crippen MR) is 149 cm³/mol.